The lowest BCUT2D eigenvalue weighted by Crippen LogP contribution is -2.44. The monoisotopic (exact) mass is 222 g/mol. The summed E-state index contributed by atoms with van der Waals surface area (Å²) in [5, 5.41) is 12.8. The molecule has 1 saturated carbocycles. The zero-order valence-electron chi connectivity index (χ0n) is 9.32. The number of anilines is 2. The molecule has 0 bridgehead atoms. The number of nitrogen functional groups attached to an aromatic ring is 1. The number of aliphatic hydroxyl groups excluding tert-OH is 1. The Labute approximate surface area is 95.1 Å². The van der Waals surface area contributed by atoms with Crippen molar-refractivity contribution in [2.75, 3.05) is 17.7 Å². The molecule has 0 radical (unpaired) electrons. The van der Waals surface area contributed by atoms with E-state index in [4.69, 9.17) is 5.73 Å². The zero-order valence-corrected chi connectivity index (χ0v) is 9.32. The largest absolute Gasteiger partial charge is 0.394 e. The average Bonchev–Trinajstić information content (AvgIpc) is 2.30. The number of nitrogens with one attached hydrogen (secondary N) is 1. The van der Waals surface area contributed by atoms with Crippen LogP contribution in [-0.4, -0.2) is 27.2 Å². The van der Waals surface area contributed by atoms with Crippen LogP contribution in [0.2, 0.25) is 0 Å². The number of nitrogens with two attached hydrogens (primary N) is 1. The number of aliphatic hydroxyl groups is 1. The summed E-state index contributed by atoms with van der Waals surface area (Å²) in [5.74, 6) is 1.05. The molecule has 1 aromatic heterocycles. The Hall–Kier alpha value is -1.36. The van der Waals surface area contributed by atoms with Gasteiger partial charge in [0.2, 0.25) is 0 Å². The summed E-state index contributed by atoms with van der Waals surface area (Å²) >= 11 is 0. The summed E-state index contributed by atoms with van der Waals surface area (Å²) in [7, 11) is 0. The standard InChI is InChI=1S/C11H18N4O/c12-9-6-13-7-10(14-9)15-11(8-16)4-2-1-3-5-11/h6-7,16H,1-5,8H2,(H3,12,14,15). The second kappa shape index (κ2) is 4.65. The number of hydrogen-bond donors (Lipinski definition) is 3. The zero-order chi connectivity index (χ0) is 11.4. The summed E-state index contributed by atoms with van der Waals surface area (Å²) in [6.07, 6.45) is 8.62. The van der Waals surface area contributed by atoms with E-state index >= 15 is 0 Å². The van der Waals surface area contributed by atoms with E-state index in [9.17, 15) is 5.11 Å². The maximum absolute atomic E-state index is 9.53. The smallest absolute Gasteiger partial charge is 0.147 e. The van der Waals surface area contributed by atoms with E-state index in [0.717, 1.165) is 25.7 Å². The molecule has 1 fully saturated rings. The molecular formula is C11H18N4O. The molecule has 1 aromatic rings. The second-order valence-electron chi connectivity index (χ2n) is 4.45. The van der Waals surface area contributed by atoms with Crippen molar-refractivity contribution in [2.24, 2.45) is 0 Å². The van der Waals surface area contributed by atoms with Gasteiger partial charge < -0.3 is 16.2 Å². The van der Waals surface area contributed by atoms with Crippen LogP contribution in [0.5, 0.6) is 0 Å². The third-order valence-electron chi connectivity index (χ3n) is 3.16. The van der Waals surface area contributed by atoms with Crippen LogP contribution in [0.4, 0.5) is 11.6 Å². The molecule has 0 aromatic carbocycles. The molecule has 88 valence electrons. The van der Waals surface area contributed by atoms with Gasteiger partial charge in [0.25, 0.3) is 0 Å². The van der Waals surface area contributed by atoms with Crippen molar-refractivity contribution >= 4 is 11.6 Å². The van der Waals surface area contributed by atoms with Gasteiger partial charge in [0.15, 0.2) is 0 Å². The Bertz CT molecular complexity index is 350. The van der Waals surface area contributed by atoms with Crippen molar-refractivity contribution in [1.82, 2.24) is 9.97 Å². The third-order valence-corrected chi connectivity index (χ3v) is 3.16. The number of rotatable bonds is 3. The molecule has 0 amide bonds. The number of hydrogen-bond acceptors (Lipinski definition) is 5. The van der Waals surface area contributed by atoms with Crippen LogP contribution in [0.15, 0.2) is 12.4 Å². The molecule has 16 heavy (non-hydrogen) atoms. The van der Waals surface area contributed by atoms with Crippen molar-refractivity contribution < 1.29 is 5.11 Å². The Morgan fingerprint density at radius 2 is 2.06 bits per heavy atom. The van der Waals surface area contributed by atoms with Gasteiger partial charge in [-0.2, -0.15) is 0 Å². The normalized spacial score (nSPS) is 19.3. The van der Waals surface area contributed by atoms with E-state index in [-0.39, 0.29) is 12.1 Å². The lowest BCUT2D eigenvalue weighted by Gasteiger charge is -2.36. The predicted molar refractivity (Wildman–Crippen MR) is 63.0 cm³/mol. The van der Waals surface area contributed by atoms with Crippen molar-refractivity contribution in [1.29, 1.82) is 0 Å². The fourth-order valence-corrected chi connectivity index (χ4v) is 2.26. The van der Waals surface area contributed by atoms with E-state index < -0.39 is 0 Å². The minimum absolute atomic E-state index is 0.128. The number of nitrogens with zero attached hydrogens (tertiary/aromatic N) is 2. The van der Waals surface area contributed by atoms with Crippen LogP contribution >= 0.6 is 0 Å². The highest BCUT2D eigenvalue weighted by atomic mass is 16.3. The van der Waals surface area contributed by atoms with E-state index in [2.05, 4.69) is 15.3 Å². The molecule has 5 nitrogen and oxygen atoms in total. The van der Waals surface area contributed by atoms with Gasteiger partial charge in [0.05, 0.1) is 24.5 Å². The van der Waals surface area contributed by atoms with Crippen molar-refractivity contribution in [2.45, 2.75) is 37.6 Å². The molecule has 0 spiro atoms. The minimum atomic E-state index is -0.235. The van der Waals surface area contributed by atoms with Crippen LogP contribution in [-0.2, 0) is 0 Å². The Kier molecular flexibility index (Phi) is 3.24. The topological polar surface area (TPSA) is 84.1 Å². The van der Waals surface area contributed by atoms with Gasteiger partial charge in [-0.05, 0) is 12.8 Å². The van der Waals surface area contributed by atoms with Gasteiger partial charge in [-0.1, -0.05) is 19.3 Å². The van der Waals surface area contributed by atoms with Gasteiger partial charge in [0.1, 0.15) is 11.6 Å². The lowest BCUT2D eigenvalue weighted by atomic mass is 9.82. The maximum atomic E-state index is 9.53. The quantitative estimate of drug-likeness (QED) is 0.715. The molecule has 1 aliphatic rings. The molecule has 2 rings (SSSR count). The highest BCUT2D eigenvalue weighted by molar-refractivity contribution is 5.41. The average molecular weight is 222 g/mol. The summed E-state index contributed by atoms with van der Waals surface area (Å²) in [6.45, 7) is 0.128. The van der Waals surface area contributed by atoms with Gasteiger partial charge in [-0.3, -0.25) is 4.98 Å². The summed E-state index contributed by atoms with van der Waals surface area (Å²) in [4.78, 5) is 8.14. The maximum Gasteiger partial charge on any atom is 0.147 e. The fourth-order valence-electron chi connectivity index (χ4n) is 2.26. The molecule has 5 heteroatoms. The van der Waals surface area contributed by atoms with E-state index in [0.29, 0.717) is 11.6 Å². The molecular weight excluding hydrogens is 204 g/mol. The number of aromatic nitrogens is 2. The highest BCUT2D eigenvalue weighted by Gasteiger charge is 2.31. The van der Waals surface area contributed by atoms with Crippen LogP contribution in [0, 0.1) is 0 Å². The lowest BCUT2D eigenvalue weighted by molar-refractivity contribution is 0.172. The Morgan fingerprint density at radius 3 is 2.69 bits per heavy atom. The van der Waals surface area contributed by atoms with Crippen LogP contribution < -0.4 is 11.1 Å². The molecule has 0 unspecified atom stereocenters. The van der Waals surface area contributed by atoms with Gasteiger partial charge in [-0.25, -0.2) is 4.98 Å². The molecule has 4 N–H and O–H groups in total. The third kappa shape index (κ3) is 2.41. The molecule has 1 heterocycles. The minimum Gasteiger partial charge on any atom is -0.394 e. The summed E-state index contributed by atoms with van der Waals surface area (Å²) in [5.41, 5.74) is 5.34. The van der Waals surface area contributed by atoms with Gasteiger partial charge in [0, 0.05) is 0 Å². The van der Waals surface area contributed by atoms with Crippen molar-refractivity contribution in [3.63, 3.8) is 0 Å². The molecule has 1 aliphatic carbocycles. The molecule has 0 atom stereocenters. The first-order valence-corrected chi connectivity index (χ1v) is 5.71. The fraction of sp³-hybridized carbons (Fsp3) is 0.636. The van der Waals surface area contributed by atoms with Crippen LogP contribution in [0.1, 0.15) is 32.1 Å². The molecule has 0 aliphatic heterocycles. The predicted octanol–water partition coefficient (Wildman–Crippen LogP) is 1.17. The Morgan fingerprint density at radius 1 is 1.31 bits per heavy atom. The first-order valence-electron chi connectivity index (χ1n) is 5.71. The van der Waals surface area contributed by atoms with E-state index in [1.54, 1.807) is 6.20 Å². The van der Waals surface area contributed by atoms with E-state index in [1.807, 2.05) is 0 Å². The van der Waals surface area contributed by atoms with Crippen molar-refractivity contribution in [3.8, 4) is 0 Å². The first-order chi connectivity index (χ1) is 7.74. The van der Waals surface area contributed by atoms with Gasteiger partial charge in [-0.15, -0.1) is 0 Å². The second-order valence-corrected chi connectivity index (χ2v) is 4.45. The van der Waals surface area contributed by atoms with Gasteiger partial charge >= 0.3 is 0 Å². The highest BCUT2D eigenvalue weighted by Crippen LogP contribution is 2.30. The van der Waals surface area contributed by atoms with Crippen molar-refractivity contribution in [3.05, 3.63) is 12.4 Å². The summed E-state index contributed by atoms with van der Waals surface area (Å²) < 4.78 is 0. The Balaban J connectivity index is 2.11. The van der Waals surface area contributed by atoms with Crippen LogP contribution in [0.3, 0.4) is 0 Å². The summed E-state index contributed by atoms with van der Waals surface area (Å²) in [6, 6.07) is 0. The first kappa shape index (κ1) is 11.1. The van der Waals surface area contributed by atoms with E-state index in [1.165, 1.54) is 12.6 Å². The SMILES string of the molecule is Nc1cncc(NC2(CO)CCCCC2)n1. The molecule has 0 saturated heterocycles. The van der Waals surface area contributed by atoms with Crippen LogP contribution in [0.25, 0.3) is 0 Å².